The first-order chi connectivity index (χ1) is 6.82. The summed E-state index contributed by atoms with van der Waals surface area (Å²) in [5.41, 5.74) is 1.45. The zero-order chi connectivity index (χ0) is 10.0. The first-order valence-electron chi connectivity index (χ1n) is 5.36. The zero-order valence-electron chi connectivity index (χ0n) is 8.66. The normalized spacial score (nSPS) is 26.9. The van der Waals surface area contributed by atoms with Gasteiger partial charge in [-0.15, -0.1) is 0 Å². The van der Waals surface area contributed by atoms with Gasteiger partial charge in [-0.3, -0.25) is 0 Å². The third-order valence-corrected chi connectivity index (χ3v) is 3.70. The topological polar surface area (TPSA) is 38.7 Å². The summed E-state index contributed by atoms with van der Waals surface area (Å²) in [5, 5.41) is 8.71. The molecule has 0 bridgehead atoms. The summed E-state index contributed by atoms with van der Waals surface area (Å²) in [4.78, 5) is 4.34. The van der Waals surface area contributed by atoms with Crippen LogP contribution in [0, 0.1) is 5.41 Å². The minimum Gasteiger partial charge on any atom is -0.350 e. The van der Waals surface area contributed by atoms with Gasteiger partial charge in [0.1, 0.15) is 0 Å². The van der Waals surface area contributed by atoms with Crippen LogP contribution in [0.25, 0.3) is 0 Å². The van der Waals surface area contributed by atoms with Crippen LogP contribution in [0.2, 0.25) is 0 Å². The van der Waals surface area contributed by atoms with Gasteiger partial charge in [-0.2, -0.15) is 0 Å². The number of allylic oxidation sites excluding steroid dienone is 1. The molecule has 0 saturated heterocycles. The molecule has 2 aliphatic rings. The standard InChI is InChI=1S/C11H18O3/c1-13-10(14-12)9-5-8-11(9)6-3-2-4-7-11/h5,10,12H,2-4,6-8H2,1H3. The monoisotopic (exact) mass is 198 g/mol. The van der Waals surface area contributed by atoms with Crippen molar-refractivity contribution < 1.29 is 14.9 Å². The summed E-state index contributed by atoms with van der Waals surface area (Å²) in [7, 11) is 1.57. The van der Waals surface area contributed by atoms with Gasteiger partial charge in [0.15, 0.2) is 0 Å². The second kappa shape index (κ2) is 4.01. The van der Waals surface area contributed by atoms with Gasteiger partial charge in [0.25, 0.3) is 0 Å². The van der Waals surface area contributed by atoms with Crippen LogP contribution in [0.3, 0.4) is 0 Å². The Kier molecular flexibility index (Phi) is 2.91. The predicted molar refractivity (Wildman–Crippen MR) is 52.7 cm³/mol. The van der Waals surface area contributed by atoms with Crippen molar-refractivity contribution in [3.05, 3.63) is 11.6 Å². The number of ether oxygens (including phenoxy) is 1. The first kappa shape index (κ1) is 10.1. The number of hydrogen-bond donors (Lipinski definition) is 1. The van der Waals surface area contributed by atoms with E-state index in [1.807, 2.05) is 0 Å². The lowest BCUT2D eigenvalue weighted by molar-refractivity contribution is -0.332. The van der Waals surface area contributed by atoms with Crippen molar-refractivity contribution >= 4 is 0 Å². The highest BCUT2D eigenvalue weighted by molar-refractivity contribution is 5.28. The molecular formula is C11H18O3. The van der Waals surface area contributed by atoms with E-state index in [4.69, 9.17) is 9.99 Å². The van der Waals surface area contributed by atoms with E-state index in [1.54, 1.807) is 7.11 Å². The van der Waals surface area contributed by atoms with Gasteiger partial charge in [0.05, 0.1) is 0 Å². The van der Waals surface area contributed by atoms with Crippen molar-refractivity contribution in [1.29, 1.82) is 0 Å². The second-order valence-electron chi connectivity index (χ2n) is 4.38. The fraction of sp³-hybridized carbons (Fsp3) is 0.818. The van der Waals surface area contributed by atoms with Gasteiger partial charge in [-0.1, -0.05) is 25.3 Å². The van der Waals surface area contributed by atoms with Gasteiger partial charge >= 0.3 is 0 Å². The smallest absolute Gasteiger partial charge is 0.213 e. The molecule has 1 unspecified atom stereocenters. The fourth-order valence-corrected chi connectivity index (χ4v) is 2.80. The molecule has 0 aromatic rings. The summed E-state index contributed by atoms with van der Waals surface area (Å²) in [6.07, 6.45) is 9.10. The van der Waals surface area contributed by atoms with Crippen molar-refractivity contribution in [3.63, 3.8) is 0 Å². The van der Waals surface area contributed by atoms with Gasteiger partial charge in [-0.25, -0.2) is 10.1 Å². The van der Waals surface area contributed by atoms with Crippen LogP contribution in [-0.4, -0.2) is 18.7 Å². The third kappa shape index (κ3) is 1.49. The molecule has 0 aromatic carbocycles. The molecule has 1 saturated carbocycles. The van der Waals surface area contributed by atoms with E-state index in [0.717, 1.165) is 12.0 Å². The third-order valence-electron chi connectivity index (χ3n) is 3.70. The predicted octanol–water partition coefficient (Wildman–Crippen LogP) is 2.73. The summed E-state index contributed by atoms with van der Waals surface area (Å²) in [6.45, 7) is 0. The first-order valence-corrected chi connectivity index (χ1v) is 5.36. The summed E-state index contributed by atoms with van der Waals surface area (Å²) in [6, 6.07) is 0. The lowest BCUT2D eigenvalue weighted by Crippen LogP contribution is -2.39. The van der Waals surface area contributed by atoms with Gasteiger partial charge in [-0.05, 0) is 30.3 Å². The summed E-state index contributed by atoms with van der Waals surface area (Å²) in [5.74, 6) is 0. The van der Waals surface area contributed by atoms with Crippen LogP contribution >= 0.6 is 0 Å². The maximum atomic E-state index is 8.71. The van der Waals surface area contributed by atoms with E-state index in [9.17, 15) is 0 Å². The van der Waals surface area contributed by atoms with Crippen LogP contribution in [0.15, 0.2) is 11.6 Å². The Hall–Kier alpha value is -0.380. The highest BCUT2D eigenvalue weighted by atomic mass is 17.1. The van der Waals surface area contributed by atoms with Crippen LogP contribution in [-0.2, 0) is 9.62 Å². The number of hydrogen-bond acceptors (Lipinski definition) is 3. The summed E-state index contributed by atoms with van der Waals surface area (Å²) >= 11 is 0. The highest BCUT2D eigenvalue weighted by Crippen LogP contribution is 2.53. The highest BCUT2D eigenvalue weighted by Gasteiger charge is 2.44. The quantitative estimate of drug-likeness (QED) is 0.328. The molecule has 1 spiro atoms. The number of methoxy groups -OCH3 is 1. The van der Waals surface area contributed by atoms with Gasteiger partial charge in [0, 0.05) is 7.11 Å². The Bertz CT molecular complexity index is 225. The Labute approximate surface area is 84.6 Å². The number of rotatable bonds is 3. The SMILES string of the molecule is COC(OO)C1=CCC12CCCCC2. The molecular weight excluding hydrogens is 180 g/mol. The molecule has 1 N–H and O–H groups in total. The van der Waals surface area contributed by atoms with Crippen molar-refractivity contribution in [2.24, 2.45) is 5.41 Å². The van der Waals surface area contributed by atoms with Crippen LogP contribution in [0.1, 0.15) is 38.5 Å². The molecule has 0 radical (unpaired) electrons. The average Bonchev–Trinajstić information content (AvgIpc) is 2.25. The molecule has 3 nitrogen and oxygen atoms in total. The largest absolute Gasteiger partial charge is 0.350 e. The van der Waals surface area contributed by atoms with Crippen molar-refractivity contribution in [1.82, 2.24) is 0 Å². The second-order valence-corrected chi connectivity index (χ2v) is 4.38. The Balaban J connectivity index is 2.06. The van der Waals surface area contributed by atoms with E-state index >= 15 is 0 Å². The molecule has 0 heterocycles. The molecule has 0 amide bonds. The lowest BCUT2D eigenvalue weighted by atomic mass is 9.60. The Morgan fingerprint density at radius 2 is 2.07 bits per heavy atom. The van der Waals surface area contributed by atoms with Crippen LogP contribution in [0.4, 0.5) is 0 Å². The maximum absolute atomic E-state index is 8.71. The van der Waals surface area contributed by atoms with E-state index in [1.165, 1.54) is 32.1 Å². The molecule has 0 aliphatic heterocycles. The molecule has 14 heavy (non-hydrogen) atoms. The molecule has 0 aromatic heterocycles. The molecule has 1 fully saturated rings. The minimum atomic E-state index is -0.540. The van der Waals surface area contributed by atoms with Crippen LogP contribution in [0.5, 0.6) is 0 Å². The lowest BCUT2D eigenvalue weighted by Gasteiger charge is -2.46. The van der Waals surface area contributed by atoms with E-state index in [0.29, 0.717) is 5.41 Å². The minimum absolute atomic E-state index is 0.293. The average molecular weight is 198 g/mol. The molecule has 2 aliphatic carbocycles. The molecule has 2 rings (SSSR count). The molecule has 1 atom stereocenters. The maximum Gasteiger partial charge on any atom is 0.213 e. The van der Waals surface area contributed by atoms with E-state index < -0.39 is 6.29 Å². The van der Waals surface area contributed by atoms with Crippen molar-refractivity contribution in [3.8, 4) is 0 Å². The van der Waals surface area contributed by atoms with Crippen LogP contribution < -0.4 is 0 Å². The zero-order valence-corrected chi connectivity index (χ0v) is 8.66. The van der Waals surface area contributed by atoms with Crippen molar-refractivity contribution in [2.75, 3.05) is 7.11 Å². The Morgan fingerprint density at radius 1 is 1.36 bits per heavy atom. The van der Waals surface area contributed by atoms with Gasteiger partial charge in [0.2, 0.25) is 6.29 Å². The van der Waals surface area contributed by atoms with E-state index in [2.05, 4.69) is 11.0 Å². The Morgan fingerprint density at radius 3 is 2.50 bits per heavy atom. The van der Waals surface area contributed by atoms with Gasteiger partial charge < -0.3 is 4.74 Å². The fourth-order valence-electron chi connectivity index (χ4n) is 2.80. The van der Waals surface area contributed by atoms with Crippen molar-refractivity contribution in [2.45, 2.75) is 44.8 Å². The summed E-state index contributed by atoms with van der Waals surface area (Å²) < 4.78 is 5.09. The van der Waals surface area contributed by atoms with E-state index in [-0.39, 0.29) is 0 Å². The molecule has 3 heteroatoms. The molecule has 80 valence electrons.